The van der Waals surface area contributed by atoms with Gasteiger partial charge in [0, 0.05) is 11.5 Å². The number of benzene rings is 3. The van der Waals surface area contributed by atoms with Gasteiger partial charge >= 0.3 is 5.97 Å². The van der Waals surface area contributed by atoms with Crippen molar-refractivity contribution in [3.63, 3.8) is 0 Å². The number of hydrogen-bond acceptors (Lipinski definition) is 3. The summed E-state index contributed by atoms with van der Waals surface area (Å²) in [6.07, 6.45) is 3.72. The molecule has 0 aliphatic carbocycles. The first kappa shape index (κ1) is 22.3. The Labute approximate surface area is 189 Å². The van der Waals surface area contributed by atoms with Crippen LogP contribution in [-0.2, 0) is 6.42 Å². The van der Waals surface area contributed by atoms with Gasteiger partial charge in [0.1, 0.15) is 0 Å². The molecule has 0 amide bonds. The van der Waals surface area contributed by atoms with Crippen LogP contribution in [0.15, 0.2) is 72.8 Å². The quantitative estimate of drug-likeness (QED) is 0.363. The predicted molar refractivity (Wildman–Crippen MR) is 124 cm³/mol. The van der Waals surface area contributed by atoms with Gasteiger partial charge in [-0.1, -0.05) is 54.6 Å². The van der Waals surface area contributed by atoms with E-state index in [1.54, 1.807) is 36.4 Å². The van der Waals surface area contributed by atoms with Gasteiger partial charge < -0.3 is 10.2 Å². The highest BCUT2D eigenvalue weighted by Crippen LogP contribution is 2.24. The molecule has 0 unspecified atom stereocenters. The summed E-state index contributed by atoms with van der Waals surface area (Å²) >= 11 is 0. The smallest absolute Gasteiger partial charge is 0.336 e. The minimum atomic E-state index is -1.06. The molecule has 0 bridgehead atoms. The predicted octanol–water partition coefficient (Wildman–Crippen LogP) is 6.05. The maximum Gasteiger partial charge on any atom is 0.336 e. The number of halogens is 2. The molecule has 0 aliphatic heterocycles. The molecule has 33 heavy (non-hydrogen) atoms. The summed E-state index contributed by atoms with van der Waals surface area (Å²) < 4.78 is 26.9. The fourth-order valence-corrected chi connectivity index (χ4v) is 3.70. The maximum atomic E-state index is 13.5. The van der Waals surface area contributed by atoms with Crippen LogP contribution in [0.4, 0.5) is 8.78 Å². The zero-order valence-corrected chi connectivity index (χ0v) is 17.6. The highest BCUT2D eigenvalue weighted by molar-refractivity contribution is 5.89. The lowest BCUT2D eigenvalue weighted by atomic mass is 9.96. The lowest BCUT2D eigenvalue weighted by molar-refractivity contribution is 0.0688. The van der Waals surface area contributed by atoms with Crippen molar-refractivity contribution in [3.8, 4) is 0 Å². The molecule has 2 N–H and O–H groups in total. The van der Waals surface area contributed by atoms with Gasteiger partial charge in [-0.05, 0) is 53.8 Å². The van der Waals surface area contributed by atoms with Crippen LogP contribution in [0.2, 0.25) is 0 Å². The van der Waals surface area contributed by atoms with Crippen LogP contribution in [0, 0.1) is 11.6 Å². The molecule has 0 aliphatic rings. The lowest BCUT2D eigenvalue weighted by Gasteiger charge is -2.13. The number of carboxylic acid groups (broad SMARTS) is 1. The highest BCUT2D eigenvalue weighted by Gasteiger charge is 2.16. The van der Waals surface area contributed by atoms with E-state index in [1.807, 2.05) is 30.3 Å². The fraction of sp³-hybridized carbons (Fsp3) is 0.111. The van der Waals surface area contributed by atoms with E-state index in [2.05, 4.69) is 4.98 Å². The average Bonchev–Trinajstić information content (AvgIpc) is 2.82. The Morgan fingerprint density at radius 1 is 0.939 bits per heavy atom. The third-order valence-corrected chi connectivity index (χ3v) is 5.41. The van der Waals surface area contributed by atoms with E-state index in [1.165, 1.54) is 6.07 Å². The van der Waals surface area contributed by atoms with Gasteiger partial charge in [0.2, 0.25) is 0 Å². The van der Waals surface area contributed by atoms with Crippen LogP contribution in [0.5, 0.6) is 0 Å². The molecule has 6 heteroatoms. The van der Waals surface area contributed by atoms with Gasteiger partial charge in [0.05, 0.1) is 22.9 Å². The molecular formula is C27H21F2NO3. The van der Waals surface area contributed by atoms with E-state index in [0.717, 1.165) is 23.3 Å². The van der Waals surface area contributed by atoms with Crippen molar-refractivity contribution >= 4 is 29.0 Å². The number of carboxylic acids is 1. The van der Waals surface area contributed by atoms with E-state index in [4.69, 9.17) is 0 Å². The third kappa shape index (κ3) is 5.30. The Hall–Kier alpha value is -3.90. The number of aryl methyl sites for hydroxylation is 1. The monoisotopic (exact) mass is 445 g/mol. The Morgan fingerprint density at radius 3 is 2.55 bits per heavy atom. The van der Waals surface area contributed by atoms with Crippen LogP contribution >= 0.6 is 0 Å². The second-order valence-electron chi connectivity index (χ2n) is 7.72. The van der Waals surface area contributed by atoms with Crippen LogP contribution in [0.25, 0.3) is 23.1 Å². The number of aromatic nitrogens is 1. The van der Waals surface area contributed by atoms with E-state index >= 15 is 0 Å². The zero-order valence-electron chi connectivity index (χ0n) is 17.6. The van der Waals surface area contributed by atoms with Gasteiger partial charge in [0.25, 0.3) is 0 Å². The topological polar surface area (TPSA) is 70.4 Å². The highest BCUT2D eigenvalue weighted by atomic mass is 19.2. The Bertz CT molecular complexity index is 1350. The van der Waals surface area contributed by atoms with Crippen molar-refractivity contribution < 1.29 is 23.8 Å². The Balaban J connectivity index is 1.46. The molecule has 3 aromatic carbocycles. The number of hydrogen-bond donors (Lipinski definition) is 2. The lowest BCUT2D eigenvalue weighted by Crippen LogP contribution is -2.08. The molecule has 4 nitrogen and oxygen atoms in total. The number of aromatic carboxylic acids is 1. The van der Waals surface area contributed by atoms with Crippen LogP contribution < -0.4 is 0 Å². The number of aliphatic hydroxyl groups excluding tert-OH is 1. The molecule has 4 rings (SSSR count). The van der Waals surface area contributed by atoms with Gasteiger partial charge in [-0.2, -0.15) is 0 Å². The van der Waals surface area contributed by atoms with Crippen molar-refractivity contribution in [3.05, 3.63) is 112 Å². The summed E-state index contributed by atoms with van der Waals surface area (Å²) in [5.74, 6) is -2.90. The maximum absolute atomic E-state index is 13.5. The van der Waals surface area contributed by atoms with Gasteiger partial charge in [-0.25, -0.2) is 18.6 Å². The summed E-state index contributed by atoms with van der Waals surface area (Å²) in [5.41, 5.74) is 3.40. The Morgan fingerprint density at radius 2 is 1.73 bits per heavy atom. The van der Waals surface area contributed by atoms with Crippen LogP contribution in [0.1, 0.15) is 45.3 Å². The van der Waals surface area contributed by atoms with Crippen molar-refractivity contribution in [1.29, 1.82) is 0 Å². The first-order chi connectivity index (χ1) is 15.9. The van der Waals surface area contributed by atoms with Gasteiger partial charge in [-0.3, -0.25) is 0 Å². The van der Waals surface area contributed by atoms with E-state index in [9.17, 15) is 23.8 Å². The largest absolute Gasteiger partial charge is 0.478 e. The normalized spacial score (nSPS) is 12.3. The van der Waals surface area contributed by atoms with Crippen molar-refractivity contribution in [2.24, 2.45) is 0 Å². The van der Waals surface area contributed by atoms with E-state index in [0.29, 0.717) is 35.0 Å². The molecule has 1 heterocycles. The SMILES string of the molecule is O=C(O)c1ccccc1[C@@H](O)CCc1cccc(C=Cc2ccc3cc(F)c(F)cc3n2)c1. The van der Waals surface area contributed by atoms with Gasteiger partial charge in [-0.15, -0.1) is 0 Å². The number of carbonyl (C=O) groups is 1. The average molecular weight is 445 g/mol. The summed E-state index contributed by atoms with van der Waals surface area (Å²) in [6, 6.07) is 19.8. The minimum absolute atomic E-state index is 0.104. The fourth-order valence-electron chi connectivity index (χ4n) is 3.70. The molecule has 0 fully saturated rings. The van der Waals surface area contributed by atoms with Crippen molar-refractivity contribution in [2.75, 3.05) is 0 Å². The first-order valence-corrected chi connectivity index (χ1v) is 10.4. The standard InChI is InChI=1S/C27H21F2NO3/c28-23-15-19-10-12-20(30-25(19)16-24(23)29)11-8-17-4-3-5-18(14-17)9-13-26(31)21-6-1-2-7-22(21)27(32)33/h1-8,10-12,14-16,26,31H,9,13H2,(H,32,33)/t26-/m0/s1. The molecule has 1 aromatic heterocycles. The summed E-state index contributed by atoms with van der Waals surface area (Å²) in [5, 5.41) is 20.4. The molecule has 4 aromatic rings. The van der Waals surface area contributed by atoms with E-state index < -0.39 is 23.7 Å². The molecule has 0 spiro atoms. The van der Waals surface area contributed by atoms with Crippen LogP contribution in [0.3, 0.4) is 0 Å². The van der Waals surface area contributed by atoms with Crippen LogP contribution in [-0.4, -0.2) is 21.2 Å². The summed E-state index contributed by atoms with van der Waals surface area (Å²) in [7, 11) is 0. The molecular weight excluding hydrogens is 424 g/mol. The molecule has 0 radical (unpaired) electrons. The summed E-state index contributed by atoms with van der Waals surface area (Å²) in [6.45, 7) is 0. The number of nitrogens with zero attached hydrogens (tertiary/aromatic N) is 1. The van der Waals surface area contributed by atoms with Gasteiger partial charge in [0.15, 0.2) is 11.6 Å². The number of pyridine rings is 1. The molecule has 0 saturated heterocycles. The number of aliphatic hydroxyl groups is 1. The number of fused-ring (bicyclic) bond motifs is 1. The minimum Gasteiger partial charge on any atom is -0.478 e. The van der Waals surface area contributed by atoms with Crippen molar-refractivity contribution in [2.45, 2.75) is 18.9 Å². The molecule has 0 saturated carbocycles. The summed E-state index contributed by atoms with van der Waals surface area (Å²) in [4.78, 5) is 15.7. The zero-order chi connectivity index (χ0) is 23.4. The molecule has 1 atom stereocenters. The molecule has 166 valence electrons. The van der Waals surface area contributed by atoms with E-state index in [-0.39, 0.29) is 5.56 Å². The third-order valence-electron chi connectivity index (χ3n) is 5.41. The Kier molecular flexibility index (Phi) is 6.56. The number of rotatable bonds is 7. The van der Waals surface area contributed by atoms with Crippen molar-refractivity contribution in [1.82, 2.24) is 4.98 Å². The second kappa shape index (κ2) is 9.71. The second-order valence-corrected chi connectivity index (χ2v) is 7.72. The first-order valence-electron chi connectivity index (χ1n) is 10.4.